The number of hydrogen-bond acceptors (Lipinski definition) is 3. The van der Waals surface area contributed by atoms with Crippen LogP contribution in [0.5, 0.6) is 0 Å². The third kappa shape index (κ3) is 4.45. The molecule has 27 heavy (non-hydrogen) atoms. The number of hydrogen-bond donors (Lipinski definition) is 2. The highest BCUT2D eigenvalue weighted by Crippen LogP contribution is 2.22. The van der Waals surface area contributed by atoms with E-state index >= 15 is 0 Å². The van der Waals surface area contributed by atoms with Crippen LogP contribution in [-0.4, -0.2) is 18.9 Å². The number of aromatic nitrogens is 1. The van der Waals surface area contributed by atoms with Crippen molar-refractivity contribution in [3.8, 4) is 5.69 Å². The summed E-state index contributed by atoms with van der Waals surface area (Å²) in [6, 6.07) is 18.3. The van der Waals surface area contributed by atoms with Gasteiger partial charge >= 0.3 is 0 Å². The molecule has 1 aromatic heterocycles. The van der Waals surface area contributed by atoms with E-state index in [4.69, 9.17) is 5.14 Å². The van der Waals surface area contributed by atoms with Crippen LogP contribution in [0.2, 0.25) is 0 Å². The number of para-hydroxylation sites is 1. The lowest BCUT2D eigenvalue weighted by Gasteiger charge is -2.10. The minimum absolute atomic E-state index is 0.218. The molecular formula is C20H21N3O3S. The van der Waals surface area contributed by atoms with Crippen molar-refractivity contribution in [1.29, 1.82) is 0 Å². The first-order valence-electron chi connectivity index (χ1n) is 8.40. The SMILES string of the molecule is Cc1cc(C(=O)Nc2ccc(CS(N)(=O)=O)cc2)c(C)n1-c1ccccc1. The van der Waals surface area contributed by atoms with Crippen molar-refractivity contribution in [1.82, 2.24) is 4.57 Å². The van der Waals surface area contributed by atoms with E-state index in [-0.39, 0.29) is 11.7 Å². The molecular weight excluding hydrogens is 362 g/mol. The van der Waals surface area contributed by atoms with Gasteiger partial charge in [0, 0.05) is 22.8 Å². The number of benzene rings is 2. The topological polar surface area (TPSA) is 94.2 Å². The Bertz CT molecular complexity index is 1070. The molecule has 140 valence electrons. The lowest BCUT2D eigenvalue weighted by molar-refractivity contribution is 0.102. The molecule has 7 heteroatoms. The Labute approximate surface area is 158 Å². The number of nitrogens with two attached hydrogens (primary N) is 1. The fourth-order valence-corrected chi connectivity index (χ4v) is 3.74. The number of nitrogens with one attached hydrogen (secondary N) is 1. The summed E-state index contributed by atoms with van der Waals surface area (Å²) in [5.41, 5.74) is 4.55. The van der Waals surface area contributed by atoms with Crippen LogP contribution in [0.25, 0.3) is 5.69 Å². The van der Waals surface area contributed by atoms with E-state index in [1.807, 2.05) is 54.8 Å². The fourth-order valence-electron chi connectivity index (χ4n) is 3.08. The lowest BCUT2D eigenvalue weighted by atomic mass is 10.2. The number of rotatable bonds is 5. The number of carbonyl (C=O) groups excluding carboxylic acids is 1. The van der Waals surface area contributed by atoms with Crippen LogP contribution in [0.15, 0.2) is 60.7 Å². The maximum Gasteiger partial charge on any atom is 0.257 e. The van der Waals surface area contributed by atoms with E-state index in [9.17, 15) is 13.2 Å². The summed E-state index contributed by atoms with van der Waals surface area (Å²) in [7, 11) is -3.58. The molecule has 6 nitrogen and oxygen atoms in total. The summed E-state index contributed by atoms with van der Waals surface area (Å²) < 4.78 is 24.3. The average Bonchev–Trinajstić information content (AvgIpc) is 2.91. The Kier molecular flexibility index (Phi) is 5.16. The molecule has 0 spiro atoms. The molecule has 0 saturated heterocycles. The molecule has 3 aromatic rings. The predicted molar refractivity (Wildman–Crippen MR) is 106 cm³/mol. The van der Waals surface area contributed by atoms with E-state index in [0.29, 0.717) is 16.8 Å². The molecule has 0 atom stereocenters. The van der Waals surface area contributed by atoms with E-state index in [1.165, 1.54) is 0 Å². The van der Waals surface area contributed by atoms with Gasteiger partial charge in [0.05, 0.1) is 11.3 Å². The van der Waals surface area contributed by atoms with Crippen molar-refractivity contribution in [2.24, 2.45) is 5.14 Å². The minimum atomic E-state index is -3.58. The summed E-state index contributed by atoms with van der Waals surface area (Å²) in [6.07, 6.45) is 0. The van der Waals surface area contributed by atoms with Crippen molar-refractivity contribution < 1.29 is 13.2 Å². The van der Waals surface area contributed by atoms with Crippen molar-refractivity contribution in [2.45, 2.75) is 19.6 Å². The predicted octanol–water partition coefficient (Wildman–Crippen LogP) is 3.13. The number of anilines is 1. The number of primary sulfonamides is 1. The molecule has 3 rings (SSSR count). The number of sulfonamides is 1. The second kappa shape index (κ2) is 7.38. The molecule has 0 aliphatic rings. The van der Waals surface area contributed by atoms with Crippen LogP contribution < -0.4 is 10.5 Å². The molecule has 0 fully saturated rings. The summed E-state index contributed by atoms with van der Waals surface area (Å²) in [4.78, 5) is 12.7. The average molecular weight is 383 g/mol. The van der Waals surface area contributed by atoms with Gasteiger partial charge in [-0.3, -0.25) is 4.79 Å². The van der Waals surface area contributed by atoms with Gasteiger partial charge in [0.15, 0.2) is 0 Å². The first-order chi connectivity index (χ1) is 12.7. The van der Waals surface area contributed by atoms with Gasteiger partial charge in [-0.05, 0) is 49.7 Å². The second-order valence-electron chi connectivity index (χ2n) is 6.41. The minimum Gasteiger partial charge on any atom is -0.322 e. The summed E-state index contributed by atoms with van der Waals surface area (Å²) in [5.74, 6) is -0.455. The number of carbonyl (C=O) groups is 1. The van der Waals surface area contributed by atoms with Crippen LogP contribution in [-0.2, 0) is 15.8 Å². The van der Waals surface area contributed by atoms with Gasteiger partial charge in [0.2, 0.25) is 10.0 Å². The first-order valence-corrected chi connectivity index (χ1v) is 10.1. The first kappa shape index (κ1) is 18.9. The number of aryl methyl sites for hydroxylation is 1. The third-order valence-electron chi connectivity index (χ3n) is 4.27. The number of nitrogens with zero attached hydrogens (tertiary/aromatic N) is 1. The zero-order valence-electron chi connectivity index (χ0n) is 15.1. The van der Waals surface area contributed by atoms with Crippen LogP contribution in [0.4, 0.5) is 5.69 Å². The maximum atomic E-state index is 12.7. The second-order valence-corrected chi connectivity index (χ2v) is 8.03. The molecule has 3 N–H and O–H groups in total. The molecule has 2 aromatic carbocycles. The highest BCUT2D eigenvalue weighted by Gasteiger charge is 2.17. The lowest BCUT2D eigenvalue weighted by Crippen LogP contribution is -2.15. The normalized spacial score (nSPS) is 11.4. The van der Waals surface area contributed by atoms with Gasteiger partial charge in [0.1, 0.15) is 0 Å². The summed E-state index contributed by atoms with van der Waals surface area (Å²) in [5, 5.41) is 7.89. The van der Waals surface area contributed by atoms with E-state index in [0.717, 1.165) is 17.1 Å². The smallest absolute Gasteiger partial charge is 0.257 e. The molecule has 0 bridgehead atoms. The third-order valence-corrected chi connectivity index (χ3v) is 5.01. The highest BCUT2D eigenvalue weighted by atomic mass is 32.2. The zero-order chi connectivity index (χ0) is 19.6. The Morgan fingerprint density at radius 3 is 2.26 bits per heavy atom. The monoisotopic (exact) mass is 383 g/mol. The molecule has 0 aliphatic carbocycles. The Morgan fingerprint density at radius 2 is 1.67 bits per heavy atom. The molecule has 1 heterocycles. The summed E-state index contributed by atoms with van der Waals surface area (Å²) >= 11 is 0. The van der Waals surface area contributed by atoms with E-state index < -0.39 is 10.0 Å². The van der Waals surface area contributed by atoms with Crippen molar-refractivity contribution in [2.75, 3.05) is 5.32 Å². The Morgan fingerprint density at radius 1 is 1.04 bits per heavy atom. The molecule has 0 saturated carbocycles. The maximum absolute atomic E-state index is 12.7. The van der Waals surface area contributed by atoms with Gasteiger partial charge in [-0.1, -0.05) is 30.3 Å². The Hall–Kier alpha value is -2.90. The fraction of sp³-hybridized carbons (Fsp3) is 0.150. The van der Waals surface area contributed by atoms with Crippen molar-refractivity contribution in [3.63, 3.8) is 0 Å². The van der Waals surface area contributed by atoms with Crippen LogP contribution in [0, 0.1) is 13.8 Å². The van der Waals surface area contributed by atoms with Crippen molar-refractivity contribution >= 4 is 21.6 Å². The summed E-state index contributed by atoms with van der Waals surface area (Å²) in [6.45, 7) is 3.86. The van der Waals surface area contributed by atoms with Gasteiger partial charge in [0.25, 0.3) is 5.91 Å². The number of amides is 1. The van der Waals surface area contributed by atoms with Gasteiger partial charge in [-0.15, -0.1) is 0 Å². The van der Waals surface area contributed by atoms with Crippen LogP contribution in [0.1, 0.15) is 27.3 Å². The van der Waals surface area contributed by atoms with E-state index in [1.54, 1.807) is 24.3 Å². The van der Waals surface area contributed by atoms with Gasteiger partial charge in [-0.2, -0.15) is 0 Å². The molecule has 0 unspecified atom stereocenters. The highest BCUT2D eigenvalue weighted by molar-refractivity contribution is 7.88. The van der Waals surface area contributed by atoms with Crippen LogP contribution in [0.3, 0.4) is 0 Å². The quantitative estimate of drug-likeness (QED) is 0.709. The molecule has 0 radical (unpaired) electrons. The molecule has 0 aliphatic heterocycles. The molecule has 1 amide bonds. The van der Waals surface area contributed by atoms with E-state index in [2.05, 4.69) is 5.32 Å². The van der Waals surface area contributed by atoms with Gasteiger partial charge < -0.3 is 9.88 Å². The zero-order valence-corrected chi connectivity index (χ0v) is 16.0. The van der Waals surface area contributed by atoms with Crippen molar-refractivity contribution in [3.05, 3.63) is 83.2 Å². The largest absolute Gasteiger partial charge is 0.322 e. The standard InChI is InChI=1S/C20H21N3O3S/c1-14-12-19(15(2)23(14)18-6-4-3-5-7-18)20(24)22-17-10-8-16(9-11-17)13-27(21,25)26/h3-12H,13H2,1-2H3,(H,22,24)(H2,21,25,26). The Balaban J connectivity index is 1.81. The van der Waals surface area contributed by atoms with Crippen LogP contribution >= 0.6 is 0 Å². The van der Waals surface area contributed by atoms with Gasteiger partial charge in [-0.25, -0.2) is 13.6 Å².